The van der Waals surface area contributed by atoms with Gasteiger partial charge in [-0.1, -0.05) is 72.6 Å². The molecule has 1 fully saturated rings. The van der Waals surface area contributed by atoms with Crippen LogP contribution in [-0.2, 0) is 16.6 Å². The minimum Gasteiger partial charge on any atom is -0.307 e. The second-order valence-corrected chi connectivity index (χ2v) is 7.50. The van der Waals surface area contributed by atoms with Crippen molar-refractivity contribution in [1.29, 1.82) is 0 Å². The molecule has 1 nitrogen and oxygen atoms in total. The molecule has 0 radical (unpaired) electrons. The Balaban J connectivity index is 0.000000615. The second kappa shape index (κ2) is 8.66. The molecule has 0 amide bonds. The van der Waals surface area contributed by atoms with Crippen LogP contribution in [0.25, 0.3) is 0 Å². The zero-order chi connectivity index (χ0) is 17.6. The van der Waals surface area contributed by atoms with E-state index in [9.17, 15) is 0 Å². The highest BCUT2D eigenvalue weighted by molar-refractivity contribution is 5.41. The lowest BCUT2D eigenvalue weighted by Crippen LogP contribution is -2.43. The number of benzene rings is 1. The maximum Gasteiger partial charge on any atom is 0.106 e. The molecule has 0 saturated heterocycles. The van der Waals surface area contributed by atoms with Crippen molar-refractivity contribution in [2.24, 2.45) is 11.8 Å². The molecule has 23 heavy (non-hydrogen) atoms. The molecule has 0 spiro atoms. The van der Waals surface area contributed by atoms with Crippen LogP contribution < -0.4 is 0 Å². The van der Waals surface area contributed by atoms with Crippen molar-refractivity contribution in [2.75, 3.05) is 0 Å². The van der Waals surface area contributed by atoms with Gasteiger partial charge in [-0.25, -0.2) is 0 Å². The first-order valence-electron chi connectivity index (χ1n) is 9.44. The average Bonchev–Trinajstić information content (AvgIpc) is 2.58. The van der Waals surface area contributed by atoms with Crippen LogP contribution in [-0.4, -0.2) is 6.79 Å². The standard InChI is InChI=1S/C19H28.C2H6.CH2O/c1-13(2)15-7-10-18-16(12-15)8-9-17-14(3)6-5-11-19(17,18)4;2*1-2/h7,10,12-14,17H,5-6,8-9,11H2,1-4H3;1-2H3;1H2. The molecule has 0 aromatic heterocycles. The lowest BCUT2D eigenvalue weighted by molar-refractivity contribution is -0.0979. The third kappa shape index (κ3) is 3.87. The van der Waals surface area contributed by atoms with Gasteiger partial charge in [-0.15, -0.1) is 0 Å². The third-order valence-corrected chi connectivity index (χ3v) is 6.00. The van der Waals surface area contributed by atoms with Gasteiger partial charge in [-0.3, -0.25) is 0 Å². The quantitative estimate of drug-likeness (QED) is 0.595. The zero-order valence-electron chi connectivity index (χ0n) is 16.1. The molecule has 2 aliphatic carbocycles. The first kappa shape index (κ1) is 19.9. The summed E-state index contributed by atoms with van der Waals surface area (Å²) >= 11 is 0. The molecule has 0 bridgehead atoms. The molecule has 1 aromatic carbocycles. The van der Waals surface area contributed by atoms with Crippen molar-refractivity contribution in [3.05, 3.63) is 34.9 Å². The van der Waals surface area contributed by atoms with Crippen molar-refractivity contribution < 1.29 is 4.79 Å². The van der Waals surface area contributed by atoms with Gasteiger partial charge in [0.2, 0.25) is 0 Å². The minimum atomic E-state index is 0.459. The number of fused-ring (bicyclic) bond motifs is 3. The Morgan fingerprint density at radius 2 is 1.83 bits per heavy atom. The molecule has 1 aromatic rings. The van der Waals surface area contributed by atoms with E-state index in [2.05, 4.69) is 45.9 Å². The highest BCUT2D eigenvalue weighted by atomic mass is 16.1. The highest BCUT2D eigenvalue weighted by Crippen LogP contribution is 2.52. The molecule has 3 rings (SSSR count). The van der Waals surface area contributed by atoms with Gasteiger partial charge in [0.05, 0.1) is 0 Å². The third-order valence-electron chi connectivity index (χ3n) is 6.00. The number of hydrogen-bond donors (Lipinski definition) is 0. The maximum atomic E-state index is 8.00. The van der Waals surface area contributed by atoms with Crippen LogP contribution in [0.3, 0.4) is 0 Å². The van der Waals surface area contributed by atoms with Gasteiger partial charge in [-0.2, -0.15) is 0 Å². The van der Waals surface area contributed by atoms with E-state index in [-0.39, 0.29) is 0 Å². The molecule has 1 saturated carbocycles. The Labute approximate surface area is 143 Å². The Hall–Kier alpha value is -1.11. The monoisotopic (exact) mass is 316 g/mol. The summed E-state index contributed by atoms with van der Waals surface area (Å²) in [4.78, 5) is 8.00. The molecule has 0 N–H and O–H groups in total. The van der Waals surface area contributed by atoms with E-state index < -0.39 is 0 Å². The highest BCUT2D eigenvalue weighted by Gasteiger charge is 2.44. The van der Waals surface area contributed by atoms with Gasteiger partial charge in [0.1, 0.15) is 6.79 Å². The van der Waals surface area contributed by atoms with Gasteiger partial charge in [0, 0.05) is 0 Å². The van der Waals surface area contributed by atoms with Crippen LogP contribution in [0.2, 0.25) is 0 Å². The van der Waals surface area contributed by atoms with Crippen molar-refractivity contribution in [3.63, 3.8) is 0 Å². The van der Waals surface area contributed by atoms with Gasteiger partial charge in [0.15, 0.2) is 0 Å². The minimum absolute atomic E-state index is 0.459. The number of carbonyl (C=O) groups is 1. The molecule has 2 aliphatic rings. The molecular weight excluding hydrogens is 280 g/mol. The second-order valence-electron chi connectivity index (χ2n) is 7.50. The van der Waals surface area contributed by atoms with E-state index >= 15 is 0 Å². The summed E-state index contributed by atoms with van der Waals surface area (Å²) in [6, 6.07) is 7.35. The van der Waals surface area contributed by atoms with Crippen LogP contribution in [0, 0.1) is 11.8 Å². The summed E-state index contributed by atoms with van der Waals surface area (Å²) in [6.45, 7) is 15.6. The maximum absolute atomic E-state index is 8.00. The smallest absolute Gasteiger partial charge is 0.106 e. The number of aryl methyl sites for hydroxylation is 1. The summed E-state index contributed by atoms with van der Waals surface area (Å²) in [6.07, 6.45) is 6.97. The zero-order valence-corrected chi connectivity index (χ0v) is 16.1. The summed E-state index contributed by atoms with van der Waals surface area (Å²) < 4.78 is 0. The van der Waals surface area contributed by atoms with Crippen molar-refractivity contribution in [3.8, 4) is 0 Å². The average molecular weight is 317 g/mol. The fourth-order valence-electron chi connectivity index (χ4n) is 4.79. The van der Waals surface area contributed by atoms with Gasteiger partial charge >= 0.3 is 0 Å². The number of carbonyl (C=O) groups excluding carboxylic acids is 1. The topological polar surface area (TPSA) is 17.1 Å². The van der Waals surface area contributed by atoms with Gasteiger partial charge < -0.3 is 4.79 Å². The fourth-order valence-corrected chi connectivity index (χ4v) is 4.79. The van der Waals surface area contributed by atoms with E-state index in [1.54, 1.807) is 11.1 Å². The summed E-state index contributed by atoms with van der Waals surface area (Å²) in [5, 5.41) is 0. The number of hydrogen-bond acceptors (Lipinski definition) is 1. The number of rotatable bonds is 1. The van der Waals surface area contributed by atoms with Crippen molar-refractivity contribution >= 4 is 6.79 Å². The largest absolute Gasteiger partial charge is 0.307 e. The summed E-state index contributed by atoms with van der Waals surface area (Å²) in [5.74, 6) is 2.48. The van der Waals surface area contributed by atoms with Crippen molar-refractivity contribution in [1.82, 2.24) is 0 Å². The van der Waals surface area contributed by atoms with Crippen LogP contribution in [0.15, 0.2) is 18.2 Å². The molecular formula is C22H36O. The van der Waals surface area contributed by atoms with Crippen molar-refractivity contribution in [2.45, 2.75) is 85.0 Å². The van der Waals surface area contributed by atoms with Gasteiger partial charge in [-0.05, 0) is 59.1 Å². The van der Waals surface area contributed by atoms with Crippen LogP contribution in [0.5, 0.6) is 0 Å². The van der Waals surface area contributed by atoms with Crippen LogP contribution in [0.4, 0.5) is 0 Å². The van der Waals surface area contributed by atoms with E-state index in [1.807, 2.05) is 20.6 Å². The first-order valence-corrected chi connectivity index (χ1v) is 9.44. The molecule has 3 atom stereocenters. The SMILES string of the molecule is C=O.CC.CC(C)c1ccc2c(c1)CCC1C(C)CCCC21C. The predicted octanol–water partition coefficient (Wildman–Crippen LogP) is 6.29. The predicted molar refractivity (Wildman–Crippen MR) is 101 cm³/mol. The van der Waals surface area contributed by atoms with Crippen LogP contribution >= 0.6 is 0 Å². The van der Waals surface area contributed by atoms with E-state index in [0.29, 0.717) is 11.3 Å². The molecule has 0 heterocycles. The Morgan fingerprint density at radius 3 is 2.43 bits per heavy atom. The normalized spacial score (nSPS) is 28.5. The molecule has 3 unspecified atom stereocenters. The molecule has 130 valence electrons. The molecule has 1 heteroatoms. The van der Waals surface area contributed by atoms with Gasteiger partial charge in [0.25, 0.3) is 0 Å². The molecule has 0 aliphatic heterocycles. The Kier molecular flexibility index (Phi) is 7.51. The Bertz CT molecular complexity index is 491. The van der Waals surface area contributed by atoms with E-state index in [4.69, 9.17) is 4.79 Å². The fraction of sp³-hybridized carbons (Fsp3) is 0.682. The summed E-state index contributed by atoms with van der Waals surface area (Å²) in [5.41, 5.74) is 5.31. The van der Waals surface area contributed by atoms with E-state index in [1.165, 1.54) is 37.7 Å². The summed E-state index contributed by atoms with van der Waals surface area (Å²) in [7, 11) is 0. The van der Waals surface area contributed by atoms with Crippen LogP contribution in [0.1, 0.15) is 89.8 Å². The Morgan fingerprint density at radius 1 is 1.17 bits per heavy atom. The lowest BCUT2D eigenvalue weighted by Gasteiger charge is -2.49. The lowest BCUT2D eigenvalue weighted by atomic mass is 9.55. The first-order chi connectivity index (χ1) is 11.0. The van der Waals surface area contributed by atoms with E-state index in [0.717, 1.165) is 11.8 Å².